The molecule has 28 heavy (non-hydrogen) atoms. The van der Waals surface area contributed by atoms with Crippen molar-refractivity contribution in [2.45, 2.75) is 39.2 Å². The molecular weight excluding hydrogens is 376 g/mol. The zero-order chi connectivity index (χ0) is 20.1. The molecule has 1 aromatic carbocycles. The molecule has 3 rings (SSSR count). The van der Waals surface area contributed by atoms with Crippen LogP contribution in [0.3, 0.4) is 0 Å². The second-order valence-electron chi connectivity index (χ2n) is 7.83. The Morgan fingerprint density at radius 3 is 2.43 bits per heavy atom. The topological polar surface area (TPSA) is 55.9 Å². The summed E-state index contributed by atoms with van der Waals surface area (Å²) in [6, 6.07) is 5.31. The van der Waals surface area contributed by atoms with Crippen LogP contribution in [0, 0.1) is 6.92 Å². The zero-order valence-electron chi connectivity index (χ0n) is 16.9. The SMILES string of the molecule is Cc1c(Cl)cccc1NC(=O)[C@H](C)N1CCN(CC(=O)N2CCCCC2)CC1. The fourth-order valence-electron chi connectivity index (χ4n) is 3.89. The number of carbonyl (C=O) groups is 2. The largest absolute Gasteiger partial charge is 0.342 e. The van der Waals surface area contributed by atoms with Crippen LogP contribution >= 0.6 is 11.6 Å². The van der Waals surface area contributed by atoms with E-state index in [1.54, 1.807) is 0 Å². The Kier molecular flexibility index (Phi) is 7.32. The Morgan fingerprint density at radius 2 is 1.75 bits per heavy atom. The summed E-state index contributed by atoms with van der Waals surface area (Å²) in [5.41, 5.74) is 1.64. The van der Waals surface area contributed by atoms with E-state index in [1.807, 2.05) is 36.9 Å². The minimum Gasteiger partial charge on any atom is -0.342 e. The van der Waals surface area contributed by atoms with Crippen LogP contribution in [0.1, 0.15) is 31.7 Å². The number of piperazine rings is 1. The van der Waals surface area contributed by atoms with Gasteiger partial charge in [-0.3, -0.25) is 19.4 Å². The van der Waals surface area contributed by atoms with Gasteiger partial charge in [0.25, 0.3) is 0 Å². The van der Waals surface area contributed by atoms with Crippen molar-refractivity contribution in [2.75, 3.05) is 51.1 Å². The highest BCUT2D eigenvalue weighted by atomic mass is 35.5. The average Bonchev–Trinajstić information content (AvgIpc) is 2.72. The first kappa shape index (κ1) is 21.1. The number of benzene rings is 1. The Balaban J connectivity index is 1.46. The van der Waals surface area contributed by atoms with Gasteiger partial charge in [-0.1, -0.05) is 17.7 Å². The molecule has 1 N–H and O–H groups in total. The third kappa shape index (κ3) is 5.25. The standard InChI is InChI=1S/C21H31ClN4O2/c1-16-18(22)7-6-8-19(16)23-21(28)17(2)25-13-11-24(12-14-25)15-20(27)26-9-4-3-5-10-26/h6-8,17H,3-5,9-15H2,1-2H3,(H,23,28)/t17-/m0/s1. The molecule has 0 aromatic heterocycles. The van der Waals surface area contributed by atoms with Crippen LogP contribution in [-0.2, 0) is 9.59 Å². The van der Waals surface area contributed by atoms with Gasteiger partial charge < -0.3 is 10.2 Å². The van der Waals surface area contributed by atoms with Crippen LogP contribution in [0.4, 0.5) is 5.69 Å². The molecule has 1 aromatic rings. The lowest BCUT2D eigenvalue weighted by Crippen LogP contribution is -2.54. The number of amides is 2. The van der Waals surface area contributed by atoms with E-state index in [2.05, 4.69) is 15.1 Å². The number of carbonyl (C=O) groups excluding carboxylic acids is 2. The van der Waals surface area contributed by atoms with Gasteiger partial charge in [-0.05, 0) is 50.8 Å². The lowest BCUT2D eigenvalue weighted by molar-refractivity contribution is -0.134. The van der Waals surface area contributed by atoms with Gasteiger partial charge in [-0.2, -0.15) is 0 Å². The van der Waals surface area contributed by atoms with E-state index >= 15 is 0 Å². The predicted molar refractivity (Wildman–Crippen MR) is 113 cm³/mol. The van der Waals surface area contributed by atoms with Gasteiger partial charge in [-0.15, -0.1) is 0 Å². The molecule has 0 radical (unpaired) electrons. The van der Waals surface area contributed by atoms with Crippen LogP contribution in [0.2, 0.25) is 5.02 Å². The number of hydrogen-bond donors (Lipinski definition) is 1. The summed E-state index contributed by atoms with van der Waals surface area (Å²) in [6.45, 7) is 9.34. The zero-order valence-corrected chi connectivity index (χ0v) is 17.7. The number of hydrogen-bond acceptors (Lipinski definition) is 4. The summed E-state index contributed by atoms with van der Waals surface area (Å²) >= 11 is 6.14. The smallest absolute Gasteiger partial charge is 0.241 e. The minimum atomic E-state index is -0.224. The first-order valence-electron chi connectivity index (χ1n) is 10.3. The van der Waals surface area contributed by atoms with Gasteiger partial charge in [0.1, 0.15) is 0 Å². The fraction of sp³-hybridized carbons (Fsp3) is 0.619. The molecule has 2 amide bonds. The number of anilines is 1. The molecule has 6 nitrogen and oxygen atoms in total. The molecule has 0 aliphatic carbocycles. The summed E-state index contributed by atoms with van der Waals surface area (Å²) in [5.74, 6) is 0.221. The number of rotatable bonds is 5. The number of likely N-dealkylation sites (tertiary alicyclic amines) is 1. The van der Waals surface area contributed by atoms with Crippen molar-refractivity contribution in [3.63, 3.8) is 0 Å². The predicted octanol–water partition coefficient (Wildman–Crippen LogP) is 2.61. The molecule has 2 aliphatic rings. The van der Waals surface area contributed by atoms with Crippen molar-refractivity contribution >= 4 is 29.1 Å². The van der Waals surface area contributed by atoms with Crippen LogP contribution in [-0.4, -0.2) is 78.4 Å². The third-order valence-corrected chi connectivity index (χ3v) is 6.34. The van der Waals surface area contributed by atoms with Gasteiger partial charge in [-0.25, -0.2) is 0 Å². The lowest BCUT2D eigenvalue weighted by atomic mass is 10.1. The van der Waals surface area contributed by atoms with E-state index in [9.17, 15) is 9.59 Å². The quantitative estimate of drug-likeness (QED) is 0.816. The monoisotopic (exact) mass is 406 g/mol. The highest BCUT2D eigenvalue weighted by Gasteiger charge is 2.27. The van der Waals surface area contributed by atoms with E-state index in [1.165, 1.54) is 6.42 Å². The van der Waals surface area contributed by atoms with Gasteiger partial charge in [0, 0.05) is 50.0 Å². The summed E-state index contributed by atoms with van der Waals surface area (Å²) < 4.78 is 0. The number of halogens is 1. The van der Waals surface area contributed by atoms with Gasteiger partial charge >= 0.3 is 0 Å². The minimum absolute atomic E-state index is 0.0248. The molecule has 2 aliphatic heterocycles. The molecule has 2 heterocycles. The number of nitrogens with zero attached hydrogens (tertiary/aromatic N) is 3. The third-order valence-electron chi connectivity index (χ3n) is 5.93. The summed E-state index contributed by atoms with van der Waals surface area (Å²) in [4.78, 5) is 31.5. The Hall–Kier alpha value is -1.63. The van der Waals surface area contributed by atoms with E-state index in [0.717, 1.165) is 63.4 Å². The second kappa shape index (κ2) is 9.72. The van der Waals surface area contributed by atoms with Crippen molar-refractivity contribution in [1.82, 2.24) is 14.7 Å². The summed E-state index contributed by atoms with van der Waals surface area (Å²) in [6.07, 6.45) is 3.48. The molecule has 0 bridgehead atoms. The van der Waals surface area contributed by atoms with Crippen LogP contribution in [0.25, 0.3) is 0 Å². The van der Waals surface area contributed by atoms with Gasteiger partial charge in [0.15, 0.2) is 0 Å². The van der Waals surface area contributed by atoms with Gasteiger partial charge in [0.2, 0.25) is 11.8 Å². The lowest BCUT2D eigenvalue weighted by Gasteiger charge is -2.38. The molecular formula is C21H31ClN4O2. The Morgan fingerprint density at radius 1 is 1.07 bits per heavy atom. The Bertz CT molecular complexity index is 698. The van der Waals surface area contributed by atoms with Crippen LogP contribution < -0.4 is 5.32 Å². The van der Waals surface area contributed by atoms with Gasteiger partial charge in [0.05, 0.1) is 12.6 Å². The Labute approximate surface area is 172 Å². The van der Waals surface area contributed by atoms with Crippen molar-refractivity contribution in [2.24, 2.45) is 0 Å². The molecule has 1 atom stereocenters. The molecule has 2 fully saturated rings. The normalized spacial score (nSPS) is 20.0. The maximum absolute atomic E-state index is 12.7. The van der Waals surface area contributed by atoms with E-state index in [-0.39, 0.29) is 17.9 Å². The van der Waals surface area contributed by atoms with E-state index in [4.69, 9.17) is 11.6 Å². The fourth-order valence-corrected chi connectivity index (χ4v) is 4.06. The van der Waals surface area contributed by atoms with Crippen molar-refractivity contribution < 1.29 is 9.59 Å². The van der Waals surface area contributed by atoms with Crippen molar-refractivity contribution in [3.8, 4) is 0 Å². The first-order chi connectivity index (χ1) is 13.5. The highest BCUT2D eigenvalue weighted by molar-refractivity contribution is 6.31. The van der Waals surface area contributed by atoms with Crippen molar-refractivity contribution in [1.29, 1.82) is 0 Å². The number of piperidine rings is 1. The molecule has 0 unspecified atom stereocenters. The highest BCUT2D eigenvalue weighted by Crippen LogP contribution is 2.23. The maximum Gasteiger partial charge on any atom is 0.241 e. The maximum atomic E-state index is 12.7. The van der Waals surface area contributed by atoms with Crippen LogP contribution in [0.15, 0.2) is 18.2 Å². The molecule has 7 heteroatoms. The van der Waals surface area contributed by atoms with Crippen molar-refractivity contribution in [3.05, 3.63) is 28.8 Å². The molecule has 0 spiro atoms. The number of nitrogens with one attached hydrogen (secondary N) is 1. The summed E-state index contributed by atoms with van der Waals surface area (Å²) in [5, 5.41) is 3.65. The van der Waals surface area contributed by atoms with E-state index < -0.39 is 0 Å². The molecule has 2 saturated heterocycles. The van der Waals surface area contributed by atoms with E-state index in [0.29, 0.717) is 11.6 Å². The second-order valence-corrected chi connectivity index (χ2v) is 8.24. The molecule has 154 valence electrons. The molecule has 0 saturated carbocycles. The van der Waals surface area contributed by atoms with Crippen LogP contribution in [0.5, 0.6) is 0 Å². The average molecular weight is 407 g/mol. The summed E-state index contributed by atoms with van der Waals surface area (Å²) in [7, 11) is 0. The first-order valence-corrected chi connectivity index (χ1v) is 10.6.